The number of hydrazine groups is 1. The van der Waals surface area contributed by atoms with Gasteiger partial charge in [0.1, 0.15) is 4.88 Å². The zero-order valence-corrected chi connectivity index (χ0v) is 22.0. The van der Waals surface area contributed by atoms with Gasteiger partial charge >= 0.3 is 5.97 Å². The van der Waals surface area contributed by atoms with Crippen LogP contribution in [0.25, 0.3) is 0 Å². The third-order valence-electron chi connectivity index (χ3n) is 7.48. The molecule has 0 N–H and O–H groups in total. The minimum atomic E-state index is -0.520. The van der Waals surface area contributed by atoms with E-state index >= 15 is 0 Å². The highest BCUT2D eigenvalue weighted by molar-refractivity contribution is 7.15. The molecular formula is C27H36N2O5S. The maximum Gasteiger partial charge on any atom is 0.371 e. The van der Waals surface area contributed by atoms with Crippen LogP contribution in [0.3, 0.4) is 0 Å². The first kappa shape index (κ1) is 24.8. The van der Waals surface area contributed by atoms with E-state index in [-0.39, 0.29) is 23.3 Å². The Labute approximate surface area is 212 Å². The van der Waals surface area contributed by atoms with Gasteiger partial charge in [0.05, 0.1) is 29.8 Å². The van der Waals surface area contributed by atoms with Crippen molar-refractivity contribution in [3.8, 4) is 11.8 Å². The molecule has 0 unspecified atom stereocenters. The summed E-state index contributed by atoms with van der Waals surface area (Å²) in [5.74, 6) is 6.11. The van der Waals surface area contributed by atoms with Gasteiger partial charge in [0.25, 0.3) is 0 Å². The highest BCUT2D eigenvalue weighted by Gasteiger charge is 2.48. The number of ether oxygens (including phenoxy) is 2. The number of fused-ring (bicyclic) bond motifs is 1. The van der Waals surface area contributed by atoms with Crippen molar-refractivity contribution in [1.82, 2.24) is 5.17 Å². The van der Waals surface area contributed by atoms with Gasteiger partial charge in [-0.3, -0.25) is 4.79 Å². The second kappa shape index (κ2) is 9.51. The topological polar surface area (TPSA) is 68.3 Å². The predicted molar refractivity (Wildman–Crippen MR) is 133 cm³/mol. The van der Waals surface area contributed by atoms with Crippen LogP contribution in [0.2, 0.25) is 0 Å². The van der Waals surface area contributed by atoms with Crippen LogP contribution >= 0.6 is 11.3 Å². The molecule has 1 amide bonds. The number of hydrogen-bond donors (Lipinski definition) is 0. The van der Waals surface area contributed by atoms with Crippen LogP contribution in [-0.4, -0.2) is 42.1 Å². The second-order valence-corrected chi connectivity index (χ2v) is 12.5. The SMILES string of the molecule is CC1CCC(C(=O)N2c3cc(C#CC(C)(C)C)sc3C(=O)ON2C2CCC3(CC2)OCCO3)CC1. The zero-order valence-electron chi connectivity index (χ0n) is 21.2. The van der Waals surface area contributed by atoms with Crippen LogP contribution in [0, 0.1) is 29.1 Å². The Balaban J connectivity index is 1.45. The van der Waals surface area contributed by atoms with Gasteiger partial charge in [-0.1, -0.05) is 18.8 Å². The van der Waals surface area contributed by atoms with Crippen molar-refractivity contribution < 1.29 is 23.9 Å². The van der Waals surface area contributed by atoms with E-state index in [2.05, 4.69) is 39.5 Å². The summed E-state index contributed by atoms with van der Waals surface area (Å²) < 4.78 is 11.8. The minimum absolute atomic E-state index is 0.0208. The maximum atomic E-state index is 14.0. The van der Waals surface area contributed by atoms with Gasteiger partial charge in [-0.05, 0) is 76.5 Å². The summed E-state index contributed by atoms with van der Waals surface area (Å²) in [6.07, 6.45) is 6.69. The van der Waals surface area contributed by atoms with E-state index in [4.69, 9.17) is 14.3 Å². The Morgan fingerprint density at radius 2 is 1.74 bits per heavy atom. The Hall–Kier alpha value is -1.92. The highest BCUT2D eigenvalue weighted by Crippen LogP contribution is 2.43. The molecule has 190 valence electrons. The Kier molecular flexibility index (Phi) is 6.73. The molecule has 0 bridgehead atoms. The molecule has 2 aliphatic heterocycles. The van der Waals surface area contributed by atoms with E-state index in [0.717, 1.165) is 43.4 Å². The molecule has 3 heterocycles. The van der Waals surface area contributed by atoms with E-state index < -0.39 is 11.8 Å². The van der Waals surface area contributed by atoms with Crippen molar-refractivity contribution in [2.75, 3.05) is 18.2 Å². The molecular weight excluding hydrogens is 464 g/mol. The molecule has 1 spiro atoms. The van der Waals surface area contributed by atoms with Crippen molar-refractivity contribution in [1.29, 1.82) is 0 Å². The van der Waals surface area contributed by atoms with Crippen LogP contribution < -0.4 is 5.01 Å². The summed E-state index contributed by atoms with van der Waals surface area (Å²) in [4.78, 5) is 34.2. The maximum absolute atomic E-state index is 14.0. The lowest BCUT2D eigenvalue weighted by Gasteiger charge is -2.45. The second-order valence-electron chi connectivity index (χ2n) is 11.5. The quantitative estimate of drug-likeness (QED) is 0.514. The Morgan fingerprint density at radius 3 is 2.37 bits per heavy atom. The lowest BCUT2D eigenvalue weighted by atomic mass is 9.82. The van der Waals surface area contributed by atoms with Gasteiger partial charge < -0.3 is 14.3 Å². The number of thiophene rings is 1. The van der Waals surface area contributed by atoms with Crippen LogP contribution in [0.1, 0.15) is 93.6 Å². The molecule has 8 heteroatoms. The number of anilines is 1. The van der Waals surface area contributed by atoms with Crippen LogP contribution in [0.15, 0.2) is 6.07 Å². The Bertz CT molecular complexity index is 1020. The lowest BCUT2D eigenvalue weighted by molar-refractivity contribution is -0.212. The van der Waals surface area contributed by atoms with E-state index in [9.17, 15) is 9.59 Å². The van der Waals surface area contributed by atoms with Gasteiger partial charge in [-0.15, -0.1) is 11.3 Å². The number of amides is 1. The van der Waals surface area contributed by atoms with E-state index in [1.807, 2.05) is 6.07 Å². The van der Waals surface area contributed by atoms with Crippen LogP contribution in [0.5, 0.6) is 0 Å². The number of rotatable bonds is 2. The van der Waals surface area contributed by atoms with Crippen LogP contribution in [-0.2, 0) is 19.1 Å². The number of carbonyl (C=O) groups is 2. The van der Waals surface area contributed by atoms with Crippen molar-refractivity contribution in [2.24, 2.45) is 17.3 Å². The van der Waals surface area contributed by atoms with Gasteiger partial charge in [-0.25, -0.2) is 9.80 Å². The molecule has 0 atom stereocenters. The number of nitrogens with zero attached hydrogens (tertiary/aromatic N) is 2. The molecule has 0 aromatic carbocycles. The minimum Gasteiger partial charge on any atom is -0.348 e. The fraction of sp³-hybridized carbons (Fsp3) is 0.704. The summed E-state index contributed by atoms with van der Waals surface area (Å²) in [6, 6.07) is 1.78. The fourth-order valence-electron chi connectivity index (χ4n) is 5.45. The predicted octanol–water partition coefficient (Wildman–Crippen LogP) is 5.29. The summed E-state index contributed by atoms with van der Waals surface area (Å²) in [7, 11) is 0. The van der Waals surface area contributed by atoms with Gasteiger partial charge in [0, 0.05) is 24.2 Å². The molecule has 35 heavy (non-hydrogen) atoms. The summed E-state index contributed by atoms with van der Waals surface area (Å²) in [6.45, 7) is 9.64. The molecule has 4 aliphatic rings. The number of hydroxylamine groups is 1. The smallest absolute Gasteiger partial charge is 0.348 e. The highest BCUT2D eigenvalue weighted by atomic mass is 32.1. The molecule has 5 rings (SSSR count). The largest absolute Gasteiger partial charge is 0.371 e. The normalized spacial score (nSPS) is 27.3. The van der Waals surface area contributed by atoms with Crippen molar-refractivity contribution >= 4 is 28.9 Å². The summed E-state index contributed by atoms with van der Waals surface area (Å²) in [5.41, 5.74) is 0.454. The van der Waals surface area contributed by atoms with Gasteiger partial charge in [-0.2, -0.15) is 0 Å². The first-order valence-corrected chi connectivity index (χ1v) is 13.8. The van der Waals surface area contributed by atoms with Gasteiger partial charge in [0.15, 0.2) is 5.79 Å². The Morgan fingerprint density at radius 1 is 1.09 bits per heavy atom. The third-order valence-corrected chi connectivity index (χ3v) is 8.50. The van der Waals surface area contributed by atoms with E-state index in [1.54, 1.807) is 10.2 Å². The fourth-order valence-corrected chi connectivity index (χ4v) is 6.31. The molecule has 1 aromatic rings. The van der Waals surface area contributed by atoms with Crippen molar-refractivity contribution in [2.45, 2.75) is 90.9 Å². The zero-order chi connectivity index (χ0) is 24.8. The van der Waals surface area contributed by atoms with Gasteiger partial charge in [0.2, 0.25) is 5.91 Å². The standard InChI is InChI=1S/C27H36N2O5S/c1-18-5-7-19(8-6-18)24(30)28-22-17-21(11-12-26(2,3)4)35-23(22)25(31)34-29(28)20-9-13-27(14-10-20)32-15-16-33-27/h17-20H,5-10,13-16H2,1-4H3. The third kappa shape index (κ3) is 5.15. The lowest BCUT2D eigenvalue weighted by Crippen LogP contribution is -2.58. The van der Waals surface area contributed by atoms with Crippen molar-refractivity contribution in [3.63, 3.8) is 0 Å². The molecule has 3 fully saturated rings. The summed E-state index contributed by atoms with van der Waals surface area (Å²) >= 11 is 1.31. The number of carbonyl (C=O) groups excluding carboxylic acids is 2. The molecule has 2 aliphatic carbocycles. The van der Waals surface area contributed by atoms with E-state index in [0.29, 0.717) is 42.5 Å². The monoisotopic (exact) mass is 500 g/mol. The number of hydrogen-bond acceptors (Lipinski definition) is 7. The average molecular weight is 501 g/mol. The first-order valence-electron chi connectivity index (χ1n) is 12.9. The molecule has 1 aromatic heterocycles. The first-order chi connectivity index (χ1) is 16.6. The molecule has 2 saturated carbocycles. The van der Waals surface area contributed by atoms with E-state index in [1.165, 1.54) is 11.3 Å². The summed E-state index contributed by atoms with van der Waals surface area (Å²) in [5, 5.41) is 3.23. The molecule has 1 saturated heterocycles. The van der Waals surface area contributed by atoms with Crippen molar-refractivity contribution in [3.05, 3.63) is 15.8 Å². The molecule has 0 radical (unpaired) electrons. The molecule has 7 nitrogen and oxygen atoms in total. The van der Waals surface area contributed by atoms with Crippen LogP contribution in [0.4, 0.5) is 5.69 Å². The average Bonchev–Trinajstić information content (AvgIpc) is 3.46.